The molecule has 9 heteroatoms. The van der Waals surface area contributed by atoms with Crippen LogP contribution >= 0.6 is 0 Å². The minimum absolute atomic E-state index is 0.0848. The number of nitrogens with two attached hydrogens (primary N) is 1. The minimum Gasteiger partial charge on any atom is -0.366 e. The Balaban J connectivity index is 1.63. The van der Waals surface area contributed by atoms with E-state index in [1.165, 1.54) is 38.3 Å². The molecule has 9 nitrogen and oxygen atoms in total. The van der Waals surface area contributed by atoms with Crippen molar-refractivity contribution < 1.29 is 19.3 Å². The lowest BCUT2D eigenvalue weighted by molar-refractivity contribution is -0.129. The van der Waals surface area contributed by atoms with Crippen LogP contribution in [0.5, 0.6) is 0 Å². The molecule has 0 bridgehead atoms. The zero-order valence-corrected chi connectivity index (χ0v) is 17.0. The number of hydrogen-bond acceptors (Lipinski definition) is 7. The molecule has 1 saturated carbocycles. The van der Waals surface area contributed by atoms with Crippen LogP contribution in [0.3, 0.4) is 0 Å². The molecule has 0 spiro atoms. The Morgan fingerprint density at radius 3 is 2.80 bits per heavy atom. The molecule has 30 heavy (non-hydrogen) atoms. The number of primary amides is 1. The zero-order chi connectivity index (χ0) is 21.3. The molecule has 2 heterocycles. The molecule has 1 aliphatic rings. The second-order valence-corrected chi connectivity index (χ2v) is 8.04. The molecule has 1 atom stereocenters. The van der Waals surface area contributed by atoms with Crippen LogP contribution in [0.2, 0.25) is 0 Å². The molecule has 2 aromatic heterocycles. The topological polar surface area (TPSA) is 144 Å². The van der Waals surface area contributed by atoms with Crippen LogP contribution in [0, 0.1) is 5.92 Å². The average Bonchev–Trinajstić information content (AvgIpc) is 3.22. The molecule has 0 radical (unpaired) electrons. The van der Waals surface area contributed by atoms with E-state index in [0.717, 1.165) is 30.7 Å². The smallest absolute Gasteiger partial charge is 0.250 e. The van der Waals surface area contributed by atoms with Crippen molar-refractivity contribution in [3.8, 4) is 0 Å². The van der Waals surface area contributed by atoms with Crippen molar-refractivity contribution in [2.24, 2.45) is 11.7 Å². The van der Waals surface area contributed by atoms with Gasteiger partial charge in [0.25, 0.3) is 0 Å². The van der Waals surface area contributed by atoms with E-state index in [-0.39, 0.29) is 12.3 Å². The van der Waals surface area contributed by atoms with E-state index in [1.54, 1.807) is 17.7 Å². The molecule has 1 fully saturated rings. The number of nitrogens with one attached hydrogen (secondary N) is 1. The van der Waals surface area contributed by atoms with Crippen molar-refractivity contribution in [2.75, 3.05) is 0 Å². The van der Waals surface area contributed by atoms with Crippen LogP contribution in [0.15, 0.2) is 23.0 Å². The van der Waals surface area contributed by atoms with Crippen LogP contribution in [0.25, 0.3) is 0 Å². The molecule has 3 rings (SSSR count). The van der Waals surface area contributed by atoms with Crippen LogP contribution in [-0.2, 0) is 11.2 Å². The molecule has 4 N–H and O–H groups in total. The number of carbonyl (C=O) groups is 2. The summed E-state index contributed by atoms with van der Waals surface area (Å²) in [7, 11) is 0. The summed E-state index contributed by atoms with van der Waals surface area (Å²) in [6.45, 7) is 0. The van der Waals surface area contributed by atoms with Crippen LogP contribution in [0.1, 0.15) is 91.3 Å². The third-order valence-corrected chi connectivity index (χ3v) is 5.72. The molecule has 0 aliphatic heterocycles. The van der Waals surface area contributed by atoms with Gasteiger partial charge in [-0.15, -0.1) is 0 Å². The molecule has 1 unspecified atom stereocenters. The monoisotopic (exact) mass is 415 g/mol. The maximum absolute atomic E-state index is 11.8. The molecule has 0 saturated heterocycles. The number of hydroxylamine groups is 1. The van der Waals surface area contributed by atoms with Crippen LogP contribution < -0.4 is 11.2 Å². The largest absolute Gasteiger partial charge is 0.366 e. The fourth-order valence-electron chi connectivity index (χ4n) is 4.12. The van der Waals surface area contributed by atoms with Gasteiger partial charge in [-0.05, 0) is 24.0 Å². The third kappa shape index (κ3) is 6.35. The highest BCUT2D eigenvalue weighted by molar-refractivity contribution is 5.92. The minimum atomic E-state index is -0.550. The predicted molar refractivity (Wildman–Crippen MR) is 108 cm³/mol. The first-order chi connectivity index (χ1) is 14.5. The van der Waals surface area contributed by atoms with Crippen molar-refractivity contribution in [3.05, 3.63) is 41.3 Å². The lowest BCUT2D eigenvalue weighted by Crippen LogP contribution is -2.21. The summed E-state index contributed by atoms with van der Waals surface area (Å²) in [4.78, 5) is 31.5. The Morgan fingerprint density at radius 2 is 2.07 bits per heavy atom. The van der Waals surface area contributed by atoms with E-state index < -0.39 is 11.8 Å². The van der Waals surface area contributed by atoms with Crippen molar-refractivity contribution in [3.63, 3.8) is 0 Å². The lowest BCUT2D eigenvalue weighted by atomic mass is 9.84. The zero-order valence-electron chi connectivity index (χ0n) is 17.0. The van der Waals surface area contributed by atoms with E-state index in [9.17, 15) is 9.59 Å². The molecule has 1 aliphatic carbocycles. The molecule has 0 aromatic carbocycles. The highest BCUT2D eigenvalue weighted by Crippen LogP contribution is 2.31. The summed E-state index contributed by atoms with van der Waals surface area (Å²) in [6, 6.07) is 1.65. The first-order valence-electron chi connectivity index (χ1n) is 10.5. The first kappa shape index (κ1) is 21.9. The maximum atomic E-state index is 11.8. The number of rotatable bonds is 10. The summed E-state index contributed by atoms with van der Waals surface area (Å²) in [5, 5.41) is 12.9. The van der Waals surface area contributed by atoms with Gasteiger partial charge >= 0.3 is 0 Å². The maximum Gasteiger partial charge on any atom is 0.250 e. The van der Waals surface area contributed by atoms with E-state index in [2.05, 4.69) is 15.1 Å². The van der Waals surface area contributed by atoms with Gasteiger partial charge in [-0.25, -0.2) is 5.48 Å². The number of hydrogen-bond donors (Lipinski definition) is 3. The fraction of sp³-hybridized carbons (Fsp3) is 0.571. The SMILES string of the molecule is NC(=O)c1cncc(Cc2noc(C(CCCC3CCCCC3)CC(=O)NO)n2)c1. The van der Waals surface area contributed by atoms with E-state index in [4.69, 9.17) is 15.5 Å². The van der Waals surface area contributed by atoms with Crippen LogP contribution in [-0.4, -0.2) is 32.1 Å². The van der Waals surface area contributed by atoms with Crippen molar-refractivity contribution in [2.45, 2.75) is 70.1 Å². The van der Waals surface area contributed by atoms with Crippen molar-refractivity contribution in [1.29, 1.82) is 0 Å². The summed E-state index contributed by atoms with van der Waals surface area (Å²) >= 11 is 0. The molecule has 162 valence electrons. The number of carbonyl (C=O) groups excluding carboxylic acids is 2. The summed E-state index contributed by atoms with van der Waals surface area (Å²) in [5.74, 6) is 0.305. The molecule has 2 aromatic rings. The number of nitrogens with zero attached hydrogens (tertiary/aromatic N) is 3. The van der Waals surface area contributed by atoms with Gasteiger partial charge in [0.05, 0.1) is 5.56 Å². The van der Waals surface area contributed by atoms with Crippen LogP contribution in [0.4, 0.5) is 0 Å². The third-order valence-electron chi connectivity index (χ3n) is 5.72. The second-order valence-electron chi connectivity index (χ2n) is 8.04. The summed E-state index contributed by atoms with van der Waals surface area (Å²) in [6.07, 6.45) is 12.8. The molecule has 2 amide bonds. The highest BCUT2D eigenvalue weighted by Gasteiger charge is 2.23. The van der Waals surface area contributed by atoms with Gasteiger partial charge in [-0.2, -0.15) is 4.98 Å². The van der Waals surface area contributed by atoms with Gasteiger partial charge < -0.3 is 10.3 Å². The Bertz CT molecular complexity index is 847. The van der Waals surface area contributed by atoms with Gasteiger partial charge in [-0.1, -0.05) is 50.1 Å². The Hall–Kier alpha value is -2.81. The van der Waals surface area contributed by atoms with Crippen molar-refractivity contribution in [1.82, 2.24) is 20.6 Å². The number of pyridine rings is 1. The van der Waals surface area contributed by atoms with E-state index >= 15 is 0 Å². The molecular weight excluding hydrogens is 386 g/mol. The fourth-order valence-corrected chi connectivity index (χ4v) is 4.12. The summed E-state index contributed by atoms with van der Waals surface area (Å²) in [5.41, 5.74) is 8.03. The normalized spacial score (nSPS) is 15.6. The van der Waals surface area contributed by atoms with Crippen molar-refractivity contribution >= 4 is 11.8 Å². The van der Waals surface area contributed by atoms with E-state index in [1.807, 2.05) is 0 Å². The Kier molecular flexibility index (Phi) is 7.89. The quantitative estimate of drug-likeness (QED) is 0.400. The summed E-state index contributed by atoms with van der Waals surface area (Å²) < 4.78 is 5.43. The van der Waals surface area contributed by atoms with Gasteiger partial charge in [0, 0.05) is 31.2 Å². The second kappa shape index (κ2) is 10.8. The Labute approximate surface area is 175 Å². The first-order valence-corrected chi connectivity index (χ1v) is 10.5. The van der Waals surface area contributed by atoms with Gasteiger partial charge in [0.15, 0.2) is 5.82 Å². The number of amides is 2. The van der Waals surface area contributed by atoms with E-state index in [0.29, 0.717) is 23.7 Å². The standard InChI is InChI=1S/C21H29N5O4/c22-20(28)17-9-15(12-23-13-17)10-18-24-21(30-26-18)16(11-19(27)25-29)8-4-7-14-5-2-1-3-6-14/h9,12-14,16,29H,1-8,10-11H2,(H2,22,28)(H,25,27). The Morgan fingerprint density at radius 1 is 1.27 bits per heavy atom. The lowest BCUT2D eigenvalue weighted by Gasteiger charge is -2.22. The molecular formula is C21H29N5O4. The van der Waals surface area contributed by atoms with Gasteiger partial charge in [0.1, 0.15) is 0 Å². The van der Waals surface area contributed by atoms with Gasteiger partial charge in [0.2, 0.25) is 17.7 Å². The highest BCUT2D eigenvalue weighted by atomic mass is 16.5. The predicted octanol–water partition coefficient (Wildman–Crippen LogP) is 2.88. The van der Waals surface area contributed by atoms with Gasteiger partial charge in [-0.3, -0.25) is 19.8 Å². The average molecular weight is 415 g/mol. The number of aromatic nitrogens is 3.